The van der Waals surface area contributed by atoms with Crippen molar-refractivity contribution in [3.05, 3.63) is 106 Å². The van der Waals surface area contributed by atoms with Crippen molar-refractivity contribution in [1.82, 2.24) is 15.1 Å². The van der Waals surface area contributed by atoms with Crippen LogP contribution in [0.1, 0.15) is 34.6 Å². The highest BCUT2D eigenvalue weighted by Gasteiger charge is 2.14. The van der Waals surface area contributed by atoms with Crippen molar-refractivity contribution < 1.29 is 14.0 Å². The maximum atomic E-state index is 13.0. The molecule has 1 atom stereocenters. The van der Waals surface area contributed by atoms with Gasteiger partial charge in [0, 0.05) is 16.6 Å². The van der Waals surface area contributed by atoms with Crippen LogP contribution in [0, 0.1) is 12.7 Å². The molecule has 0 fully saturated rings. The zero-order valence-electron chi connectivity index (χ0n) is 18.7. The molecule has 2 amide bonds. The lowest BCUT2D eigenvalue weighted by molar-refractivity contribution is -0.122. The Morgan fingerprint density at radius 3 is 2.29 bits per heavy atom. The highest BCUT2D eigenvalue weighted by atomic mass is 19.1. The zero-order valence-corrected chi connectivity index (χ0v) is 18.7. The topological polar surface area (TPSA) is 93.1 Å². The van der Waals surface area contributed by atoms with Crippen LogP contribution in [0.4, 0.5) is 10.1 Å². The fourth-order valence-corrected chi connectivity index (χ4v) is 3.68. The van der Waals surface area contributed by atoms with Gasteiger partial charge in [0.05, 0.1) is 17.1 Å². The number of halogens is 1. The molecule has 4 aromatic rings. The van der Waals surface area contributed by atoms with Crippen molar-refractivity contribution in [2.24, 2.45) is 0 Å². The summed E-state index contributed by atoms with van der Waals surface area (Å²) in [6.45, 7) is 3.43. The van der Waals surface area contributed by atoms with Crippen molar-refractivity contribution in [2.45, 2.75) is 26.4 Å². The molecular weight excluding hydrogens is 435 g/mol. The highest BCUT2D eigenvalue weighted by molar-refractivity contribution is 6.04. The molecule has 0 aliphatic heterocycles. The molecule has 0 aliphatic carbocycles. The van der Waals surface area contributed by atoms with E-state index in [-0.39, 0.29) is 30.0 Å². The molecule has 2 N–H and O–H groups in total. The molecule has 4 rings (SSSR count). The van der Waals surface area contributed by atoms with Gasteiger partial charge in [-0.1, -0.05) is 30.3 Å². The Morgan fingerprint density at radius 1 is 0.971 bits per heavy atom. The molecule has 1 unspecified atom stereocenters. The number of hydrogen-bond acceptors (Lipinski definition) is 4. The second kappa shape index (κ2) is 9.66. The highest BCUT2D eigenvalue weighted by Crippen LogP contribution is 2.17. The molecule has 0 radical (unpaired) electrons. The minimum atomic E-state index is -0.409. The monoisotopic (exact) mass is 458 g/mol. The number of fused-ring (bicyclic) bond motifs is 1. The third-order valence-corrected chi connectivity index (χ3v) is 5.50. The standard InChI is InChI=1S/C26H23FN4O3/c1-16(18-9-13-21(14-10-18)29-25(33)19-7-11-20(27)12-8-19)28-24(32)15-31-26(34)23-6-4-3-5-22(23)17(2)30-31/h3-14,16H,15H2,1-2H3,(H,28,32)(H,29,33). The number of benzene rings is 3. The summed E-state index contributed by atoms with van der Waals surface area (Å²) in [4.78, 5) is 37.6. The molecule has 172 valence electrons. The van der Waals surface area contributed by atoms with Gasteiger partial charge in [-0.2, -0.15) is 5.10 Å². The first-order valence-electron chi connectivity index (χ1n) is 10.7. The Balaban J connectivity index is 1.39. The van der Waals surface area contributed by atoms with Crippen LogP contribution >= 0.6 is 0 Å². The first kappa shape index (κ1) is 22.8. The van der Waals surface area contributed by atoms with Crippen molar-refractivity contribution in [1.29, 1.82) is 0 Å². The Kier molecular flexibility index (Phi) is 6.49. The molecule has 3 aromatic carbocycles. The summed E-state index contributed by atoms with van der Waals surface area (Å²) in [7, 11) is 0. The van der Waals surface area contributed by atoms with Crippen LogP contribution < -0.4 is 16.2 Å². The van der Waals surface area contributed by atoms with Gasteiger partial charge in [0.15, 0.2) is 0 Å². The minimum Gasteiger partial charge on any atom is -0.348 e. The van der Waals surface area contributed by atoms with Crippen LogP contribution in [0.3, 0.4) is 0 Å². The third kappa shape index (κ3) is 5.01. The van der Waals surface area contributed by atoms with Gasteiger partial charge >= 0.3 is 0 Å². The second-order valence-corrected chi connectivity index (χ2v) is 7.97. The van der Waals surface area contributed by atoms with Crippen molar-refractivity contribution in [2.75, 3.05) is 5.32 Å². The number of nitrogens with zero attached hydrogens (tertiary/aromatic N) is 2. The average Bonchev–Trinajstić information content (AvgIpc) is 2.83. The summed E-state index contributed by atoms with van der Waals surface area (Å²) in [5.74, 6) is -1.10. The maximum Gasteiger partial charge on any atom is 0.275 e. The molecule has 34 heavy (non-hydrogen) atoms. The summed E-state index contributed by atoms with van der Waals surface area (Å²) in [5.41, 5.74) is 2.10. The minimum absolute atomic E-state index is 0.194. The molecule has 0 spiro atoms. The second-order valence-electron chi connectivity index (χ2n) is 7.97. The fraction of sp³-hybridized carbons (Fsp3) is 0.154. The smallest absolute Gasteiger partial charge is 0.275 e. The quantitative estimate of drug-likeness (QED) is 0.457. The van der Waals surface area contributed by atoms with Crippen molar-refractivity contribution >= 4 is 28.3 Å². The van der Waals surface area contributed by atoms with Crippen LogP contribution in [0.5, 0.6) is 0 Å². The fourth-order valence-electron chi connectivity index (χ4n) is 3.68. The first-order valence-corrected chi connectivity index (χ1v) is 10.7. The van der Waals surface area contributed by atoms with E-state index in [1.165, 1.54) is 28.9 Å². The van der Waals surface area contributed by atoms with Gasteiger partial charge in [-0.15, -0.1) is 0 Å². The van der Waals surface area contributed by atoms with E-state index < -0.39 is 5.82 Å². The maximum absolute atomic E-state index is 13.0. The van der Waals surface area contributed by atoms with E-state index in [4.69, 9.17) is 0 Å². The van der Waals surface area contributed by atoms with E-state index in [2.05, 4.69) is 15.7 Å². The van der Waals surface area contributed by atoms with Crippen molar-refractivity contribution in [3.63, 3.8) is 0 Å². The number of amides is 2. The van der Waals surface area contributed by atoms with Gasteiger partial charge in [0.2, 0.25) is 5.91 Å². The van der Waals surface area contributed by atoms with E-state index in [9.17, 15) is 18.8 Å². The van der Waals surface area contributed by atoms with Crippen LogP contribution in [-0.2, 0) is 11.3 Å². The van der Waals surface area contributed by atoms with Gasteiger partial charge < -0.3 is 10.6 Å². The lowest BCUT2D eigenvalue weighted by atomic mass is 10.1. The predicted molar refractivity (Wildman–Crippen MR) is 128 cm³/mol. The number of aromatic nitrogens is 2. The van der Waals surface area contributed by atoms with Gasteiger partial charge in [0.25, 0.3) is 11.5 Å². The van der Waals surface area contributed by atoms with Crippen LogP contribution in [-0.4, -0.2) is 21.6 Å². The average molecular weight is 458 g/mol. The van der Waals surface area contributed by atoms with E-state index in [1.807, 2.05) is 19.1 Å². The molecule has 7 nitrogen and oxygen atoms in total. The number of carbonyl (C=O) groups excluding carboxylic acids is 2. The van der Waals surface area contributed by atoms with E-state index in [0.717, 1.165) is 10.9 Å². The summed E-state index contributed by atoms with van der Waals surface area (Å²) >= 11 is 0. The molecule has 1 heterocycles. The van der Waals surface area contributed by atoms with Gasteiger partial charge in [-0.3, -0.25) is 14.4 Å². The van der Waals surface area contributed by atoms with Crippen LogP contribution in [0.2, 0.25) is 0 Å². The molecule has 0 saturated carbocycles. The molecule has 0 aliphatic rings. The summed E-state index contributed by atoms with van der Waals surface area (Å²) < 4.78 is 14.2. The third-order valence-electron chi connectivity index (χ3n) is 5.50. The number of nitrogens with one attached hydrogen (secondary N) is 2. The largest absolute Gasteiger partial charge is 0.348 e. The Hall–Kier alpha value is -4.33. The number of hydrogen-bond donors (Lipinski definition) is 2. The zero-order chi connectivity index (χ0) is 24.2. The van der Waals surface area contributed by atoms with Crippen LogP contribution in [0.25, 0.3) is 10.8 Å². The Morgan fingerprint density at radius 2 is 1.62 bits per heavy atom. The Labute approximate surface area is 195 Å². The summed E-state index contributed by atoms with van der Waals surface area (Å²) in [5, 5.41) is 11.2. The SMILES string of the molecule is Cc1nn(CC(=O)NC(C)c2ccc(NC(=O)c3ccc(F)cc3)cc2)c(=O)c2ccccc12. The number of carbonyl (C=O) groups is 2. The van der Waals surface area contributed by atoms with E-state index in [0.29, 0.717) is 22.3 Å². The first-order chi connectivity index (χ1) is 16.3. The van der Waals surface area contributed by atoms with Gasteiger partial charge in [-0.25, -0.2) is 9.07 Å². The van der Waals surface area contributed by atoms with E-state index >= 15 is 0 Å². The summed E-state index contributed by atoms with van der Waals surface area (Å²) in [6, 6.07) is 19.1. The van der Waals surface area contributed by atoms with E-state index in [1.54, 1.807) is 43.3 Å². The molecule has 0 bridgehead atoms. The lowest BCUT2D eigenvalue weighted by Crippen LogP contribution is -2.35. The number of anilines is 1. The summed E-state index contributed by atoms with van der Waals surface area (Å²) in [6.07, 6.45) is 0. The number of aryl methyl sites for hydroxylation is 1. The van der Waals surface area contributed by atoms with Gasteiger partial charge in [-0.05, 0) is 61.9 Å². The van der Waals surface area contributed by atoms with Gasteiger partial charge in [0.1, 0.15) is 12.4 Å². The Bertz CT molecular complexity index is 1410. The molecule has 8 heteroatoms. The predicted octanol–water partition coefficient (Wildman–Crippen LogP) is 3.97. The molecule has 1 aromatic heterocycles. The lowest BCUT2D eigenvalue weighted by Gasteiger charge is -2.16. The molecule has 0 saturated heterocycles. The van der Waals surface area contributed by atoms with Crippen molar-refractivity contribution in [3.8, 4) is 0 Å². The van der Waals surface area contributed by atoms with Crippen LogP contribution in [0.15, 0.2) is 77.6 Å². The molecular formula is C26H23FN4O3. The number of rotatable bonds is 6. The normalized spacial score (nSPS) is 11.7.